The van der Waals surface area contributed by atoms with E-state index in [4.69, 9.17) is 0 Å². The Bertz CT molecular complexity index is 2060. The van der Waals surface area contributed by atoms with E-state index in [-0.39, 0.29) is 5.41 Å². The Labute approximate surface area is 240 Å². The van der Waals surface area contributed by atoms with Gasteiger partial charge in [-0.15, -0.1) is 0 Å². The Balaban J connectivity index is 1.25. The van der Waals surface area contributed by atoms with Crippen molar-refractivity contribution < 1.29 is 0 Å². The van der Waals surface area contributed by atoms with Crippen molar-refractivity contribution in [2.24, 2.45) is 0 Å². The van der Waals surface area contributed by atoms with Crippen LogP contribution in [0, 0.1) is 0 Å². The molecule has 0 unspecified atom stereocenters. The van der Waals surface area contributed by atoms with Gasteiger partial charge in [0.15, 0.2) is 0 Å². The number of nitrogens with zero attached hydrogens (tertiary/aromatic N) is 1. The van der Waals surface area contributed by atoms with Crippen LogP contribution in [0.15, 0.2) is 140 Å². The van der Waals surface area contributed by atoms with Gasteiger partial charge in [-0.05, 0) is 64.2 Å². The first-order valence-electron chi connectivity index (χ1n) is 14.3. The molecule has 0 saturated heterocycles. The summed E-state index contributed by atoms with van der Waals surface area (Å²) in [5.74, 6) is 0. The molecule has 0 spiro atoms. The third-order valence-corrected chi connectivity index (χ3v) is 8.76. The van der Waals surface area contributed by atoms with Crippen LogP contribution in [0.25, 0.3) is 49.7 Å². The van der Waals surface area contributed by atoms with Gasteiger partial charge in [0.2, 0.25) is 0 Å². The fourth-order valence-corrected chi connectivity index (χ4v) is 6.97. The highest BCUT2D eigenvalue weighted by atomic mass is 15.0. The summed E-state index contributed by atoms with van der Waals surface area (Å²) < 4.78 is 2.41. The quantitative estimate of drug-likeness (QED) is 0.241. The molecule has 0 amide bonds. The Hall–Kier alpha value is -5.08. The standard InChI is InChI=1S/C39H30N2/c1-39(2)33-20-7-3-16-29(33)32-19-12-21-34(38(32)39)40-27-14-11-13-26(25-27)28-15-4-8-22-35(28)41-36-23-9-5-17-30(36)31-18-6-10-24-37(31)41/h3-25,40H,1-2H3. The Morgan fingerprint density at radius 1 is 0.537 bits per heavy atom. The van der Waals surface area contributed by atoms with Crippen molar-refractivity contribution in [1.82, 2.24) is 4.57 Å². The van der Waals surface area contributed by atoms with E-state index >= 15 is 0 Å². The minimum absolute atomic E-state index is 0.0731. The zero-order valence-corrected chi connectivity index (χ0v) is 23.2. The summed E-state index contributed by atoms with van der Waals surface area (Å²) in [7, 11) is 0. The molecule has 1 heterocycles. The fraction of sp³-hybridized carbons (Fsp3) is 0.0769. The molecule has 0 radical (unpaired) electrons. The Kier molecular flexibility index (Phi) is 5.20. The maximum Gasteiger partial charge on any atom is 0.0541 e. The van der Waals surface area contributed by atoms with E-state index in [0.29, 0.717) is 0 Å². The molecule has 1 aliphatic rings. The molecule has 0 atom stereocenters. The normalized spacial score (nSPS) is 13.3. The van der Waals surface area contributed by atoms with Gasteiger partial charge in [0.25, 0.3) is 0 Å². The summed E-state index contributed by atoms with van der Waals surface area (Å²) in [6.45, 7) is 4.67. The lowest BCUT2D eigenvalue weighted by Gasteiger charge is -2.25. The molecule has 1 N–H and O–H groups in total. The second-order valence-corrected chi connectivity index (χ2v) is 11.5. The van der Waals surface area contributed by atoms with Crippen LogP contribution >= 0.6 is 0 Å². The molecule has 0 saturated carbocycles. The molecule has 1 aromatic heterocycles. The Morgan fingerprint density at radius 2 is 1.15 bits per heavy atom. The number of hydrogen-bond donors (Lipinski definition) is 1. The second-order valence-electron chi connectivity index (χ2n) is 11.5. The number of anilines is 2. The molecule has 2 nitrogen and oxygen atoms in total. The number of aromatic nitrogens is 1. The minimum Gasteiger partial charge on any atom is -0.355 e. The largest absolute Gasteiger partial charge is 0.355 e. The van der Waals surface area contributed by atoms with Crippen molar-refractivity contribution in [2.45, 2.75) is 19.3 Å². The van der Waals surface area contributed by atoms with E-state index in [1.54, 1.807) is 0 Å². The van der Waals surface area contributed by atoms with E-state index in [1.165, 1.54) is 60.9 Å². The first kappa shape index (κ1) is 23.8. The van der Waals surface area contributed by atoms with Crippen molar-refractivity contribution in [3.63, 3.8) is 0 Å². The number of rotatable bonds is 4. The molecular weight excluding hydrogens is 496 g/mol. The maximum absolute atomic E-state index is 3.81. The molecule has 41 heavy (non-hydrogen) atoms. The van der Waals surface area contributed by atoms with Crippen LogP contribution in [0.1, 0.15) is 25.0 Å². The van der Waals surface area contributed by atoms with Crippen molar-refractivity contribution in [3.8, 4) is 27.9 Å². The lowest BCUT2D eigenvalue weighted by Crippen LogP contribution is -2.16. The summed E-state index contributed by atoms with van der Waals surface area (Å²) in [6, 6.07) is 50.4. The van der Waals surface area contributed by atoms with E-state index in [9.17, 15) is 0 Å². The summed E-state index contributed by atoms with van der Waals surface area (Å²) in [5.41, 5.74) is 13.6. The third-order valence-electron chi connectivity index (χ3n) is 8.76. The van der Waals surface area contributed by atoms with Crippen molar-refractivity contribution in [1.29, 1.82) is 0 Å². The molecule has 8 rings (SSSR count). The van der Waals surface area contributed by atoms with E-state index in [2.05, 4.69) is 163 Å². The van der Waals surface area contributed by atoms with Gasteiger partial charge >= 0.3 is 0 Å². The number of nitrogens with one attached hydrogen (secondary N) is 1. The molecule has 0 aliphatic heterocycles. The molecular formula is C39H30N2. The summed E-state index contributed by atoms with van der Waals surface area (Å²) >= 11 is 0. The van der Waals surface area contributed by atoms with Crippen molar-refractivity contribution in [3.05, 3.63) is 151 Å². The average Bonchev–Trinajstić information content (AvgIpc) is 3.47. The van der Waals surface area contributed by atoms with Crippen LogP contribution in [0.5, 0.6) is 0 Å². The van der Waals surface area contributed by atoms with Crippen LogP contribution in [0.2, 0.25) is 0 Å². The van der Waals surface area contributed by atoms with Gasteiger partial charge in [-0.1, -0.05) is 117 Å². The SMILES string of the molecule is CC1(C)c2ccccc2-c2cccc(Nc3cccc(-c4ccccc4-n4c5ccccc5c5ccccc54)c3)c21. The van der Waals surface area contributed by atoms with E-state index < -0.39 is 0 Å². The number of hydrogen-bond acceptors (Lipinski definition) is 1. The zero-order valence-electron chi connectivity index (χ0n) is 23.2. The topological polar surface area (TPSA) is 17.0 Å². The second kappa shape index (κ2) is 8.97. The highest BCUT2D eigenvalue weighted by Crippen LogP contribution is 2.51. The van der Waals surface area contributed by atoms with Gasteiger partial charge in [-0.3, -0.25) is 0 Å². The molecule has 196 valence electrons. The van der Waals surface area contributed by atoms with E-state index in [0.717, 1.165) is 11.4 Å². The van der Waals surface area contributed by atoms with Gasteiger partial charge in [0, 0.05) is 33.1 Å². The van der Waals surface area contributed by atoms with E-state index in [1.807, 2.05) is 0 Å². The number of benzene rings is 6. The third kappa shape index (κ3) is 3.57. The maximum atomic E-state index is 3.81. The van der Waals surface area contributed by atoms with Gasteiger partial charge in [0.05, 0.1) is 16.7 Å². The van der Waals surface area contributed by atoms with Crippen LogP contribution < -0.4 is 5.32 Å². The summed E-state index contributed by atoms with van der Waals surface area (Å²) in [4.78, 5) is 0. The molecule has 0 fully saturated rings. The molecule has 6 aromatic carbocycles. The molecule has 0 bridgehead atoms. The van der Waals surface area contributed by atoms with Gasteiger partial charge in [-0.25, -0.2) is 0 Å². The smallest absolute Gasteiger partial charge is 0.0541 e. The molecule has 2 heteroatoms. The summed E-state index contributed by atoms with van der Waals surface area (Å²) in [6.07, 6.45) is 0. The fourth-order valence-electron chi connectivity index (χ4n) is 6.97. The van der Waals surface area contributed by atoms with Gasteiger partial charge in [-0.2, -0.15) is 0 Å². The van der Waals surface area contributed by atoms with Crippen LogP contribution in [-0.2, 0) is 5.41 Å². The van der Waals surface area contributed by atoms with Crippen LogP contribution in [-0.4, -0.2) is 4.57 Å². The number of para-hydroxylation sites is 3. The van der Waals surface area contributed by atoms with Gasteiger partial charge < -0.3 is 9.88 Å². The monoisotopic (exact) mass is 526 g/mol. The lowest BCUT2D eigenvalue weighted by molar-refractivity contribution is 0.662. The predicted octanol–water partition coefficient (Wildman–Crippen LogP) is 10.5. The van der Waals surface area contributed by atoms with Gasteiger partial charge in [0.1, 0.15) is 0 Å². The van der Waals surface area contributed by atoms with Crippen molar-refractivity contribution in [2.75, 3.05) is 5.32 Å². The predicted molar refractivity (Wildman–Crippen MR) is 174 cm³/mol. The van der Waals surface area contributed by atoms with Crippen LogP contribution in [0.3, 0.4) is 0 Å². The highest BCUT2D eigenvalue weighted by Gasteiger charge is 2.37. The molecule has 7 aromatic rings. The number of fused-ring (bicyclic) bond motifs is 6. The van der Waals surface area contributed by atoms with Crippen molar-refractivity contribution >= 4 is 33.2 Å². The minimum atomic E-state index is -0.0731. The Morgan fingerprint density at radius 3 is 1.93 bits per heavy atom. The average molecular weight is 527 g/mol. The first-order valence-corrected chi connectivity index (χ1v) is 14.3. The zero-order chi connectivity index (χ0) is 27.6. The van der Waals surface area contributed by atoms with Crippen LogP contribution in [0.4, 0.5) is 11.4 Å². The molecule has 1 aliphatic carbocycles. The summed E-state index contributed by atoms with van der Waals surface area (Å²) in [5, 5.41) is 6.36. The first-order chi connectivity index (χ1) is 20.1. The lowest BCUT2D eigenvalue weighted by atomic mass is 9.81. The highest BCUT2D eigenvalue weighted by molar-refractivity contribution is 6.09.